The molecule has 5 nitrogen and oxygen atoms in total. The zero-order valence-electron chi connectivity index (χ0n) is 9.40. The monoisotopic (exact) mass is 228 g/mol. The third kappa shape index (κ3) is 2.23. The number of hydrogen-bond donors (Lipinski definition) is 2. The number of carbonyl (C=O) groups is 1. The van der Waals surface area contributed by atoms with E-state index in [1.165, 1.54) is 12.4 Å². The lowest BCUT2D eigenvalue weighted by Crippen LogP contribution is -2.07. The van der Waals surface area contributed by atoms with E-state index in [-0.39, 0.29) is 5.91 Å². The molecule has 2 rings (SSSR count). The molecule has 0 atom stereocenters. The lowest BCUT2D eigenvalue weighted by molar-refractivity contribution is -0.111. The zero-order chi connectivity index (χ0) is 12.3. The topological polar surface area (TPSA) is 66.9 Å². The molecule has 0 unspecified atom stereocenters. The van der Waals surface area contributed by atoms with Crippen LogP contribution in [-0.4, -0.2) is 22.9 Å². The van der Waals surface area contributed by atoms with Gasteiger partial charge in [-0.1, -0.05) is 6.58 Å². The maximum atomic E-state index is 11.2. The van der Waals surface area contributed by atoms with E-state index in [1.54, 1.807) is 13.1 Å². The number of amides is 1. The average Bonchev–Trinajstić information content (AvgIpc) is 2.37. The van der Waals surface area contributed by atoms with Gasteiger partial charge < -0.3 is 10.6 Å². The van der Waals surface area contributed by atoms with Gasteiger partial charge in [-0.2, -0.15) is 0 Å². The summed E-state index contributed by atoms with van der Waals surface area (Å²) in [6.45, 7) is 3.40. The molecule has 1 heterocycles. The predicted molar refractivity (Wildman–Crippen MR) is 67.9 cm³/mol. The van der Waals surface area contributed by atoms with Gasteiger partial charge in [0.2, 0.25) is 5.91 Å². The third-order valence-corrected chi connectivity index (χ3v) is 2.33. The van der Waals surface area contributed by atoms with Crippen molar-refractivity contribution in [3.8, 4) is 0 Å². The van der Waals surface area contributed by atoms with Crippen molar-refractivity contribution in [1.29, 1.82) is 0 Å². The van der Waals surface area contributed by atoms with Gasteiger partial charge in [0, 0.05) is 18.1 Å². The van der Waals surface area contributed by atoms with Crippen LogP contribution in [0.4, 0.5) is 11.5 Å². The minimum Gasteiger partial charge on any atom is -0.373 e. The molecule has 0 saturated carbocycles. The highest BCUT2D eigenvalue weighted by Crippen LogP contribution is 2.22. The van der Waals surface area contributed by atoms with E-state index in [0.29, 0.717) is 5.69 Å². The fourth-order valence-corrected chi connectivity index (χ4v) is 1.53. The first-order valence-electron chi connectivity index (χ1n) is 5.10. The van der Waals surface area contributed by atoms with Gasteiger partial charge in [-0.15, -0.1) is 0 Å². The number of rotatable bonds is 3. The Kier molecular flexibility index (Phi) is 3.00. The van der Waals surface area contributed by atoms with Crippen molar-refractivity contribution < 1.29 is 4.79 Å². The van der Waals surface area contributed by atoms with E-state index < -0.39 is 0 Å². The van der Waals surface area contributed by atoms with Gasteiger partial charge in [0.15, 0.2) is 0 Å². The standard InChI is InChI=1S/C12H12N4O/c1-3-11(17)16-8-4-5-10-9(6-8)12(13-2)15-7-14-10/h3-7H,1H2,2H3,(H,16,17)(H,13,14,15). The second kappa shape index (κ2) is 4.61. The molecule has 1 aromatic heterocycles. The molecule has 0 fully saturated rings. The van der Waals surface area contributed by atoms with E-state index in [4.69, 9.17) is 0 Å². The summed E-state index contributed by atoms with van der Waals surface area (Å²) in [7, 11) is 1.79. The van der Waals surface area contributed by atoms with Gasteiger partial charge in [0.05, 0.1) is 5.52 Å². The first-order chi connectivity index (χ1) is 8.24. The molecular formula is C12H12N4O. The highest BCUT2D eigenvalue weighted by Gasteiger charge is 2.04. The maximum Gasteiger partial charge on any atom is 0.247 e. The maximum absolute atomic E-state index is 11.2. The number of aromatic nitrogens is 2. The highest BCUT2D eigenvalue weighted by atomic mass is 16.1. The van der Waals surface area contributed by atoms with Crippen molar-refractivity contribution in [3.05, 3.63) is 37.2 Å². The van der Waals surface area contributed by atoms with Gasteiger partial charge in [0.1, 0.15) is 12.1 Å². The van der Waals surface area contributed by atoms with Gasteiger partial charge in [-0.3, -0.25) is 4.79 Å². The first-order valence-corrected chi connectivity index (χ1v) is 5.10. The summed E-state index contributed by atoms with van der Waals surface area (Å²) in [6.07, 6.45) is 2.72. The molecule has 2 N–H and O–H groups in total. The summed E-state index contributed by atoms with van der Waals surface area (Å²) in [5.74, 6) is 0.483. The Morgan fingerprint density at radius 2 is 2.24 bits per heavy atom. The Morgan fingerprint density at radius 1 is 1.41 bits per heavy atom. The molecule has 17 heavy (non-hydrogen) atoms. The number of nitrogens with one attached hydrogen (secondary N) is 2. The molecular weight excluding hydrogens is 216 g/mol. The third-order valence-electron chi connectivity index (χ3n) is 2.33. The molecule has 0 bridgehead atoms. The summed E-state index contributed by atoms with van der Waals surface area (Å²) in [4.78, 5) is 19.5. The molecule has 5 heteroatoms. The van der Waals surface area contributed by atoms with Crippen LogP contribution in [0.2, 0.25) is 0 Å². The minimum atomic E-state index is -0.243. The lowest BCUT2D eigenvalue weighted by atomic mass is 10.2. The molecule has 1 amide bonds. The molecule has 0 radical (unpaired) electrons. The Balaban J connectivity index is 2.48. The normalized spacial score (nSPS) is 9.94. The molecule has 0 aliphatic rings. The van der Waals surface area contributed by atoms with E-state index >= 15 is 0 Å². The summed E-state index contributed by atoms with van der Waals surface area (Å²) in [5.41, 5.74) is 1.51. The molecule has 0 spiro atoms. The number of fused-ring (bicyclic) bond motifs is 1. The van der Waals surface area contributed by atoms with E-state index in [0.717, 1.165) is 16.7 Å². The average molecular weight is 228 g/mol. The van der Waals surface area contributed by atoms with Gasteiger partial charge >= 0.3 is 0 Å². The van der Waals surface area contributed by atoms with Crippen LogP contribution in [-0.2, 0) is 4.79 Å². The van der Waals surface area contributed by atoms with Crippen LogP contribution in [0.3, 0.4) is 0 Å². The fourth-order valence-electron chi connectivity index (χ4n) is 1.53. The number of anilines is 2. The number of benzene rings is 1. The van der Waals surface area contributed by atoms with E-state index in [2.05, 4.69) is 27.2 Å². The van der Waals surface area contributed by atoms with Crippen LogP contribution in [0, 0.1) is 0 Å². The Morgan fingerprint density at radius 3 is 2.94 bits per heavy atom. The van der Waals surface area contributed by atoms with Crippen molar-refractivity contribution in [1.82, 2.24) is 9.97 Å². The van der Waals surface area contributed by atoms with Crippen LogP contribution in [0.25, 0.3) is 10.9 Å². The predicted octanol–water partition coefficient (Wildman–Crippen LogP) is 1.80. The molecule has 0 saturated heterocycles. The summed E-state index contributed by atoms with van der Waals surface area (Å²) in [5, 5.41) is 6.53. The summed E-state index contributed by atoms with van der Waals surface area (Å²) >= 11 is 0. The minimum absolute atomic E-state index is 0.243. The molecule has 1 aromatic carbocycles. The largest absolute Gasteiger partial charge is 0.373 e. The van der Waals surface area contributed by atoms with Crippen LogP contribution < -0.4 is 10.6 Å². The first kappa shape index (κ1) is 11.1. The summed E-state index contributed by atoms with van der Waals surface area (Å²) < 4.78 is 0. The van der Waals surface area contributed by atoms with E-state index in [1.807, 2.05) is 12.1 Å². The molecule has 0 aliphatic carbocycles. The van der Waals surface area contributed by atoms with Crippen molar-refractivity contribution in [2.75, 3.05) is 17.7 Å². The number of carbonyl (C=O) groups excluding carboxylic acids is 1. The van der Waals surface area contributed by atoms with Crippen LogP contribution >= 0.6 is 0 Å². The van der Waals surface area contributed by atoms with Gasteiger partial charge in [0.25, 0.3) is 0 Å². The van der Waals surface area contributed by atoms with Crippen molar-refractivity contribution in [2.24, 2.45) is 0 Å². The molecule has 2 aromatic rings. The second-order valence-corrected chi connectivity index (χ2v) is 3.40. The quantitative estimate of drug-likeness (QED) is 0.786. The second-order valence-electron chi connectivity index (χ2n) is 3.40. The van der Waals surface area contributed by atoms with Crippen molar-refractivity contribution in [2.45, 2.75) is 0 Å². The zero-order valence-corrected chi connectivity index (χ0v) is 9.40. The van der Waals surface area contributed by atoms with E-state index in [9.17, 15) is 4.79 Å². The number of hydrogen-bond acceptors (Lipinski definition) is 4. The summed E-state index contributed by atoms with van der Waals surface area (Å²) in [6, 6.07) is 5.44. The molecule has 0 aliphatic heterocycles. The fraction of sp³-hybridized carbons (Fsp3) is 0.0833. The van der Waals surface area contributed by atoms with Crippen molar-refractivity contribution >= 4 is 28.3 Å². The smallest absolute Gasteiger partial charge is 0.247 e. The Hall–Kier alpha value is -2.43. The highest BCUT2D eigenvalue weighted by molar-refractivity contribution is 6.01. The van der Waals surface area contributed by atoms with Gasteiger partial charge in [-0.25, -0.2) is 9.97 Å². The van der Waals surface area contributed by atoms with Crippen LogP contribution in [0.1, 0.15) is 0 Å². The van der Waals surface area contributed by atoms with Crippen LogP contribution in [0.15, 0.2) is 37.2 Å². The molecule has 86 valence electrons. The number of nitrogens with zero attached hydrogens (tertiary/aromatic N) is 2. The van der Waals surface area contributed by atoms with Crippen LogP contribution in [0.5, 0.6) is 0 Å². The Bertz CT molecular complexity index is 580. The SMILES string of the molecule is C=CC(=O)Nc1ccc2ncnc(NC)c2c1. The Labute approximate surface area is 98.6 Å². The van der Waals surface area contributed by atoms with Crippen molar-refractivity contribution in [3.63, 3.8) is 0 Å². The lowest BCUT2D eigenvalue weighted by Gasteiger charge is -2.06. The van der Waals surface area contributed by atoms with Gasteiger partial charge in [-0.05, 0) is 24.3 Å².